The van der Waals surface area contributed by atoms with Gasteiger partial charge >= 0.3 is 0 Å². The van der Waals surface area contributed by atoms with E-state index in [1.807, 2.05) is 0 Å². The van der Waals surface area contributed by atoms with E-state index in [1.165, 1.54) is 11.9 Å². The van der Waals surface area contributed by atoms with E-state index in [0.29, 0.717) is 15.4 Å². The summed E-state index contributed by atoms with van der Waals surface area (Å²) in [5, 5.41) is 7.85. The lowest BCUT2D eigenvalue weighted by Gasteiger charge is -2.14. The zero-order valence-corrected chi connectivity index (χ0v) is 11.6. The maximum atomic E-state index is 5.89. The summed E-state index contributed by atoms with van der Waals surface area (Å²) >= 11 is 10.9. The average molecular weight is 319 g/mol. The van der Waals surface area contributed by atoms with Crippen LogP contribution in [0.1, 0.15) is 18.5 Å². The second kappa shape index (κ2) is 5.12. The summed E-state index contributed by atoms with van der Waals surface area (Å²) in [5.74, 6) is 0.707. The first kappa shape index (κ1) is 11.8. The van der Waals surface area contributed by atoms with Gasteiger partial charge in [0.05, 0.1) is 10.5 Å². The monoisotopic (exact) mass is 317 g/mol. The smallest absolute Gasteiger partial charge is 0.148 e. The predicted octanol–water partition coefficient (Wildman–Crippen LogP) is 4.13. The minimum Gasteiger partial charge on any atom is -0.362 e. The molecular formula is C10H9BrClN3S. The molecule has 0 saturated heterocycles. The highest BCUT2D eigenvalue weighted by Gasteiger charge is 2.11. The third kappa shape index (κ3) is 2.53. The maximum absolute atomic E-state index is 5.89. The molecule has 0 spiro atoms. The van der Waals surface area contributed by atoms with Gasteiger partial charge in [-0.05, 0) is 45.2 Å². The standard InChI is InChI=1S/C10H9BrClN3S/c1-6(7-2-3-16-4-7)15-10-8(11)9(12)13-5-14-10/h2-6H,1H3,(H,13,14,15). The molecule has 0 radical (unpaired) electrons. The number of halogens is 2. The number of nitrogens with one attached hydrogen (secondary N) is 1. The summed E-state index contributed by atoms with van der Waals surface area (Å²) in [5.41, 5.74) is 1.23. The normalized spacial score (nSPS) is 12.4. The molecule has 84 valence electrons. The zero-order valence-electron chi connectivity index (χ0n) is 8.45. The van der Waals surface area contributed by atoms with Crippen molar-refractivity contribution in [3.05, 3.63) is 38.3 Å². The minimum atomic E-state index is 0.188. The Morgan fingerprint density at radius 3 is 3.00 bits per heavy atom. The number of rotatable bonds is 3. The van der Waals surface area contributed by atoms with Crippen molar-refractivity contribution in [2.75, 3.05) is 5.32 Å². The number of thiophene rings is 1. The van der Waals surface area contributed by atoms with Crippen molar-refractivity contribution < 1.29 is 0 Å². The highest BCUT2D eigenvalue weighted by Crippen LogP contribution is 2.29. The summed E-state index contributed by atoms with van der Waals surface area (Å²) in [7, 11) is 0. The molecule has 16 heavy (non-hydrogen) atoms. The summed E-state index contributed by atoms with van der Waals surface area (Å²) in [6.07, 6.45) is 1.44. The molecule has 0 aliphatic carbocycles. The van der Waals surface area contributed by atoms with Crippen molar-refractivity contribution in [1.29, 1.82) is 0 Å². The van der Waals surface area contributed by atoms with Crippen LogP contribution >= 0.6 is 38.9 Å². The van der Waals surface area contributed by atoms with Gasteiger partial charge in [0.1, 0.15) is 17.3 Å². The molecule has 0 aromatic carbocycles. The topological polar surface area (TPSA) is 37.8 Å². The van der Waals surface area contributed by atoms with Crippen LogP contribution in [0.2, 0.25) is 5.15 Å². The lowest BCUT2D eigenvalue weighted by Crippen LogP contribution is -2.07. The molecule has 0 saturated carbocycles. The summed E-state index contributed by atoms with van der Waals surface area (Å²) in [6.45, 7) is 2.07. The van der Waals surface area contributed by atoms with Crippen molar-refractivity contribution in [2.45, 2.75) is 13.0 Å². The molecule has 2 aromatic rings. The molecule has 0 amide bonds. The van der Waals surface area contributed by atoms with Crippen molar-refractivity contribution in [1.82, 2.24) is 9.97 Å². The molecule has 0 bridgehead atoms. The minimum absolute atomic E-state index is 0.188. The number of hydrogen-bond donors (Lipinski definition) is 1. The average Bonchev–Trinajstić information content (AvgIpc) is 2.78. The molecule has 2 aromatic heterocycles. The Labute approximate surface area is 111 Å². The van der Waals surface area contributed by atoms with Crippen molar-refractivity contribution in [2.24, 2.45) is 0 Å². The first-order chi connectivity index (χ1) is 7.68. The molecule has 1 N–H and O–H groups in total. The fraction of sp³-hybridized carbons (Fsp3) is 0.200. The van der Waals surface area contributed by atoms with E-state index in [0.717, 1.165) is 0 Å². The van der Waals surface area contributed by atoms with Gasteiger partial charge in [-0.3, -0.25) is 0 Å². The van der Waals surface area contributed by atoms with Crippen LogP contribution in [0.4, 0.5) is 5.82 Å². The maximum Gasteiger partial charge on any atom is 0.148 e. The van der Waals surface area contributed by atoms with E-state index < -0.39 is 0 Å². The van der Waals surface area contributed by atoms with Crippen LogP contribution in [0.25, 0.3) is 0 Å². The van der Waals surface area contributed by atoms with Gasteiger partial charge < -0.3 is 5.32 Å². The molecule has 0 aliphatic heterocycles. The molecule has 1 atom stereocenters. The number of hydrogen-bond acceptors (Lipinski definition) is 4. The predicted molar refractivity (Wildman–Crippen MR) is 71.1 cm³/mol. The molecule has 1 unspecified atom stereocenters. The number of anilines is 1. The molecule has 0 fully saturated rings. The van der Waals surface area contributed by atoms with Crippen LogP contribution < -0.4 is 5.32 Å². The molecule has 6 heteroatoms. The van der Waals surface area contributed by atoms with Crippen LogP contribution in [0.15, 0.2) is 27.6 Å². The number of aromatic nitrogens is 2. The Morgan fingerprint density at radius 1 is 1.50 bits per heavy atom. The second-order valence-corrected chi connectivity index (χ2v) is 5.18. The summed E-state index contributed by atoms with van der Waals surface area (Å²) < 4.78 is 0.693. The van der Waals surface area contributed by atoms with Gasteiger partial charge in [-0.2, -0.15) is 11.3 Å². The van der Waals surface area contributed by atoms with Gasteiger partial charge in [-0.1, -0.05) is 11.6 Å². The Bertz CT molecular complexity index is 475. The molecule has 2 rings (SSSR count). The largest absolute Gasteiger partial charge is 0.362 e. The highest BCUT2D eigenvalue weighted by molar-refractivity contribution is 9.10. The summed E-state index contributed by atoms with van der Waals surface area (Å²) in [6, 6.07) is 2.27. The van der Waals surface area contributed by atoms with Crippen LogP contribution in [0, 0.1) is 0 Å². The lowest BCUT2D eigenvalue weighted by atomic mass is 10.2. The third-order valence-corrected chi connectivity index (χ3v) is 4.11. The number of nitrogens with zero attached hydrogens (tertiary/aromatic N) is 2. The van der Waals surface area contributed by atoms with Crippen molar-refractivity contribution in [3.63, 3.8) is 0 Å². The highest BCUT2D eigenvalue weighted by atomic mass is 79.9. The van der Waals surface area contributed by atoms with Gasteiger partial charge in [-0.25, -0.2) is 9.97 Å². The van der Waals surface area contributed by atoms with E-state index >= 15 is 0 Å². The van der Waals surface area contributed by atoms with Gasteiger partial charge in [0, 0.05) is 0 Å². The van der Waals surface area contributed by atoms with Gasteiger partial charge in [-0.15, -0.1) is 0 Å². The quantitative estimate of drug-likeness (QED) is 0.865. The van der Waals surface area contributed by atoms with Crippen LogP contribution in [-0.4, -0.2) is 9.97 Å². The van der Waals surface area contributed by atoms with E-state index in [1.54, 1.807) is 11.3 Å². The van der Waals surface area contributed by atoms with Gasteiger partial charge in [0.2, 0.25) is 0 Å². The Balaban J connectivity index is 2.18. The van der Waals surface area contributed by atoms with Crippen LogP contribution in [0.3, 0.4) is 0 Å². The lowest BCUT2D eigenvalue weighted by molar-refractivity contribution is 0.875. The van der Waals surface area contributed by atoms with Crippen LogP contribution in [-0.2, 0) is 0 Å². The zero-order chi connectivity index (χ0) is 11.5. The van der Waals surface area contributed by atoms with Crippen LogP contribution in [0.5, 0.6) is 0 Å². The first-order valence-corrected chi connectivity index (χ1v) is 6.74. The molecular weight excluding hydrogens is 310 g/mol. The second-order valence-electron chi connectivity index (χ2n) is 3.25. The molecule has 0 aliphatic rings. The Kier molecular flexibility index (Phi) is 3.78. The van der Waals surface area contributed by atoms with Crippen molar-refractivity contribution in [3.8, 4) is 0 Å². The molecule has 2 heterocycles. The van der Waals surface area contributed by atoms with E-state index in [4.69, 9.17) is 11.6 Å². The van der Waals surface area contributed by atoms with Gasteiger partial charge in [0.15, 0.2) is 0 Å². The fourth-order valence-electron chi connectivity index (χ4n) is 1.26. The first-order valence-electron chi connectivity index (χ1n) is 4.63. The van der Waals surface area contributed by atoms with E-state index in [-0.39, 0.29) is 6.04 Å². The van der Waals surface area contributed by atoms with E-state index in [2.05, 4.69) is 55.0 Å². The van der Waals surface area contributed by atoms with Gasteiger partial charge in [0.25, 0.3) is 0 Å². The SMILES string of the molecule is CC(Nc1ncnc(Cl)c1Br)c1ccsc1. The Hall–Kier alpha value is -0.650. The third-order valence-electron chi connectivity index (χ3n) is 2.14. The summed E-state index contributed by atoms with van der Waals surface area (Å²) in [4.78, 5) is 8.02. The van der Waals surface area contributed by atoms with E-state index in [9.17, 15) is 0 Å². The van der Waals surface area contributed by atoms with Crippen molar-refractivity contribution >= 4 is 44.7 Å². The molecule has 3 nitrogen and oxygen atoms in total. The Morgan fingerprint density at radius 2 is 2.31 bits per heavy atom. The fourth-order valence-corrected chi connectivity index (χ4v) is 2.47.